The van der Waals surface area contributed by atoms with Crippen molar-refractivity contribution >= 4 is 0 Å². The van der Waals surface area contributed by atoms with Crippen LogP contribution in [0.3, 0.4) is 0 Å². The van der Waals surface area contributed by atoms with Crippen LogP contribution >= 0.6 is 0 Å². The van der Waals surface area contributed by atoms with Gasteiger partial charge in [0, 0.05) is 37.7 Å². The Morgan fingerprint density at radius 2 is 2.04 bits per heavy atom. The molecule has 0 bridgehead atoms. The van der Waals surface area contributed by atoms with Gasteiger partial charge in [0.15, 0.2) is 0 Å². The van der Waals surface area contributed by atoms with E-state index in [1.54, 1.807) is 20.3 Å². The van der Waals surface area contributed by atoms with E-state index in [2.05, 4.69) is 11.0 Å². The summed E-state index contributed by atoms with van der Waals surface area (Å²) in [5.41, 5.74) is 2.19. The van der Waals surface area contributed by atoms with Gasteiger partial charge in [-0.05, 0) is 23.8 Å². The lowest BCUT2D eigenvalue weighted by Gasteiger charge is -2.33. The summed E-state index contributed by atoms with van der Waals surface area (Å²) in [6.07, 6.45) is 0.973. The van der Waals surface area contributed by atoms with Crippen molar-refractivity contribution in [2.75, 3.05) is 33.9 Å². The third-order valence-electron chi connectivity index (χ3n) is 4.46. The molecule has 1 fully saturated rings. The van der Waals surface area contributed by atoms with Gasteiger partial charge in [-0.2, -0.15) is 0 Å². The number of hydrogen-bond donors (Lipinski definition) is 0. The maximum Gasteiger partial charge on any atom is 0.126 e. The van der Waals surface area contributed by atoms with E-state index in [1.807, 2.05) is 18.2 Å². The number of morpholine rings is 1. The van der Waals surface area contributed by atoms with Crippen LogP contribution in [0.4, 0.5) is 4.39 Å². The first-order chi connectivity index (χ1) is 12.2. The fraction of sp³-hybridized carbons (Fsp3) is 0.400. The summed E-state index contributed by atoms with van der Waals surface area (Å²) in [6, 6.07) is 12.8. The predicted molar refractivity (Wildman–Crippen MR) is 94.7 cm³/mol. The zero-order valence-corrected chi connectivity index (χ0v) is 14.7. The molecule has 0 radical (unpaired) electrons. The fourth-order valence-electron chi connectivity index (χ4n) is 3.20. The van der Waals surface area contributed by atoms with Gasteiger partial charge in [0.2, 0.25) is 0 Å². The summed E-state index contributed by atoms with van der Waals surface area (Å²) in [5.74, 6) is 1.18. The number of benzene rings is 2. The Morgan fingerprint density at radius 1 is 1.16 bits per heavy atom. The molecule has 2 aromatic rings. The van der Waals surface area contributed by atoms with Crippen LogP contribution in [-0.4, -0.2) is 44.9 Å². The van der Waals surface area contributed by atoms with Crippen LogP contribution in [0, 0.1) is 5.82 Å². The van der Waals surface area contributed by atoms with E-state index in [9.17, 15) is 4.39 Å². The van der Waals surface area contributed by atoms with Gasteiger partial charge in [-0.25, -0.2) is 4.39 Å². The highest BCUT2D eigenvalue weighted by atomic mass is 19.1. The second kappa shape index (κ2) is 8.32. The number of hydrogen-bond acceptors (Lipinski definition) is 4. The largest absolute Gasteiger partial charge is 0.497 e. The molecule has 0 amide bonds. The minimum atomic E-state index is -0.279. The van der Waals surface area contributed by atoms with E-state index in [0.29, 0.717) is 12.4 Å². The normalized spacial score (nSPS) is 18.1. The highest BCUT2D eigenvalue weighted by molar-refractivity contribution is 5.34. The first-order valence-electron chi connectivity index (χ1n) is 8.47. The minimum Gasteiger partial charge on any atom is -0.497 e. The molecule has 0 aromatic heterocycles. The third kappa shape index (κ3) is 4.71. The molecule has 1 atom stereocenters. The van der Waals surface area contributed by atoms with Crippen molar-refractivity contribution in [3.63, 3.8) is 0 Å². The van der Waals surface area contributed by atoms with Crippen LogP contribution in [0.25, 0.3) is 0 Å². The monoisotopic (exact) mass is 345 g/mol. The van der Waals surface area contributed by atoms with Crippen molar-refractivity contribution < 1.29 is 18.6 Å². The van der Waals surface area contributed by atoms with Gasteiger partial charge in [-0.1, -0.05) is 18.2 Å². The Kier molecular flexibility index (Phi) is 5.89. The summed E-state index contributed by atoms with van der Waals surface area (Å²) in [6.45, 7) is 3.10. The fourth-order valence-corrected chi connectivity index (χ4v) is 3.20. The van der Waals surface area contributed by atoms with E-state index >= 15 is 0 Å². The molecular weight excluding hydrogens is 321 g/mol. The first kappa shape index (κ1) is 17.7. The van der Waals surface area contributed by atoms with E-state index in [4.69, 9.17) is 14.2 Å². The Morgan fingerprint density at radius 3 is 2.84 bits per heavy atom. The van der Waals surface area contributed by atoms with Crippen molar-refractivity contribution in [2.45, 2.75) is 19.1 Å². The van der Waals surface area contributed by atoms with E-state index in [-0.39, 0.29) is 11.9 Å². The van der Waals surface area contributed by atoms with Crippen molar-refractivity contribution in [3.8, 4) is 11.5 Å². The molecule has 2 aromatic carbocycles. The summed E-state index contributed by atoms with van der Waals surface area (Å²) < 4.78 is 29.9. The van der Waals surface area contributed by atoms with Gasteiger partial charge in [-0.3, -0.25) is 4.90 Å². The van der Waals surface area contributed by atoms with E-state index in [0.717, 1.165) is 37.4 Å². The molecule has 25 heavy (non-hydrogen) atoms. The summed E-state index contributed by atoms with van der Waals surface area (Å²) in [7, 11) is 3.25. The van der Waals surface area contributed by atoms with E-state index < -0.39 is 0 Å². The molecule has 1 aliphatic rings. The maximum atomic E-state index is 13.4. The number of nitrogens with zero attached hydrogens (tertiary/aromatic N) is 1. The molecule has 0 spiro atoms. The molecule has 1 aliphatic heterocycles. The lowest BCUT2D eigenvalue weighted by Crippen LogP contribution is -2.42. The smallest absolute Gasteiger partial charge is 0.126 e. The Bertz CT molecular complexity index is 707. The topological polar surface area (TPSA) is 30.9 Å². The molecule has 134 valence electrons. The molecule has 1 heterocycles. The average molecular weight is 345 g/mol. The van der Waals surface area contributed by atoms with Crippen LogP contribution in [-0.2, 0) is 17.7 Å². The molecular formula is C20H24FNO3. The zero-order chi connectivity index (χ0) is 17.6. The molecule has 5 heteroatoms. The molecule has 1 unspecified atom stereocenters. The highest BCUT2D eigenvalue weighted by Crippen LogP contribution is 2.23. The van der Waals surface area contributed by atoms with Gasteiger partial charge >= 0.3 is 0 Å². The van der Waals surface area contributed by atoms with Crippen molar-refractivity contribution in [3.05, 3.63) is 59.4 Å². The molecule has 0 saturated carbocycles. The maximum absolute atomic E-state index is 13.4. The standard InChI is InChI=1S/C20H24FNO3/c1-23-18-5-3-4-15(10-18)11-19-14-22(8-9-25-19)13-16-6-7-17(21)12-20(16)24-2/h3-7,10,12,19H,8-9,11,13-14H2,1-2H3. The third-order valence-corrected chi connectivity index (χ3v) is 4.46. The minimum absolute atomic E-state index is 0.132. The van der Waals surface area contributed by atoms with Crippen LogP contribution in [0.2, 0.25) is 0 Å². The van der Waals surface area contributed by atoms with Crippen molar-refractivity contribution in [1.29, 1.82) is 0 Å². The molecule has 0 N–H and O–H groups in total. The van der Waals surface area contributed by atoms with Gasteiger partial charge in [0.05, 0.1) is 26.9 Å². The summed E-state index contributed by atoms with van der Waals surface area (Å²) >= 11 is 0. The van der Waals surface area contributed by atoms with Gasteiger partial charge in [0.25, 0.3) is 0 Å². The Labute approximate surface area is 148 Å². The number of rotatable bonds is 6. The summed E-state index contributed by atoms with van der Waals surface area (Å²) in [5, 5.41) is 0. The molecule has 1 saturated heterocycles. The van der Waals surface area contributed by atoms with Crippen molar-refractivity contribution in [2.24, 2.45) is 0 Å². The Hall–Kier alpha value is -2.11. The Balaban J connectivity index is 1.63. The van der Waals surface area contributed by atoms with Crippen LogP contribution < -0.4 is 9.47 Å². The quantitative estimate of drug-likeness (QED) is 0.804. The van der Waals surface area contributed by atoms with Crippen molar-refractivity contribution in [1.82, 2.24) is 4.90 Å². The first-order valence-corrected chi connectivity index (χ1v) is 8.47. The number of halogens is 1. The van der Waals surface area contributed by atoms with E-state index in [1.165, 1.54) is 17.7 Å². The average Bonchev–Trinajstić information content (AvgIpc) is 2.63. The second-order valence-corrected chi connectivity index (χ2v) is 6.24. The summed E-state index contributed by atoms with van der Waals surface area (Å²) in [4.78, 5) is 2.32. The number of ether oxygens (including phenoxy) is 3. The molecule has 0 aliphatic carbocycles. The van der Waals surface area contributed by atoms with Gasteiger partial charge < -0.3 is 14.2 Å². The SMILES string of the molecule is COc1cccc(CC2CN(Cc3ccc(F)cc3OC)CCO2)c1. The van der Waals surface area contributed by atoms with Crippen LogP contribution in [0.1, 0.15) is 11.1 Å². The lowest BCUT2D eigenvalue weighted by molar-refractivity contribution is -0.0306. The van der Waals surface area contributed by atoms with Gasteiger partial charge in [-0.15, -0.1) is 0 Å². The van der Waals surface area contributed by atoms with Crippen LogP contribution in [0.15, 0.2) is 42.5 Å². The predicted octanol–water partition coefficient (Wildman–Crippen LogP) is 3.29. The number of methoxy groups -OCH3 is 2. The lowest BCUT2D eigenvalue weighted by atomic mass is 10.1. The van der Waals surface area contributed by atoms with Gasteiger partial charge in [0.1, 0.15) is 17.3 Å². The zero-order valence-electron chi connectivity index (χ0n) is 14.7. The second-order valence-electron chi connectivity index (χ2n) is 6.24. The molecule has 4 nitrogen and oxygen atoms in total. The van der Waals surface area contributed by atoms with Crippen LogP contribution in [0.5, 0.6) is 11.5 Å². The highest BCUT2D eigenvalue weighted by Gasteiger charge is 2.22. The molecule has 3 rings (SSSR count).